The minimum Gasteiger partial charge on any atom is -0.494 e. The molecule has 3 aromatic rings. The molecule has 0 spiro atoms. The summed E-state index contributed by atoms with van der Waals surface area (Å²) in [7, 11) is 0. The van der Waals surface area contributed by atoms with E-state index in [0.29, 0.717) is 11.4 Å². The number of hydrogen-bond donors (Lipinski definition) is 1. The molecule has 5 heteroatoms. The fourth-order valence-corrected chi connectivity index (χ4v) is 2.79. The lowest BCUT2D eigenvalue weighted by Crippen LogP contribution is -2.25. The van der Waals surface area contributed by atoms with Gasteiger partial charge in [-0.25, -0.2) is 0 Å². The summed E-state index contributed by atoms with van der Waals surface area (Å²) < 4.78 is 3.04. The van der Waals surface area contributed by atoms with Gasteiger partial charge in [-0.15, -0.1) is 0 Å². The number of nitrogens with zero attached hydrogens (tertiary/aromatic N) is 2. The Bertz CT molecular complexity index is 974. The molecular formula is C18H14N2O2S. The van der Waals surface area contributed by atoms with Crippen LogP contribution in [-0.4, -0.2) is 14.2 Å². The summed E-state index contributed by atoms with van der Waals surface area (Å²) in [5, 5.41) is 10.5. The largest absolute Gasteiger partial charge is 0.494 e. The van der Waals surface area contributed by atoms with Gasteiger partial charge in [0.1, 0.15) is 5.56 Å². The van der Waals surface area contributed by atoms with E-state index in [0.717, 1.165) is 0 Å². The molecule has 1 heterocycles. The summed E-state index contributed by atoms with van der Waals surface area (Å²) in [4.78, 5) is 12.7. The molecule has 4 nitrogen and oxygen atoms in total. The van der Waals surface area contributed by atoms with Gasteiger partial charge >= 0.3 is 0 Å². The highest BCUT2D eigenvalue weighted by atomic mass is 32.1. The molecule has 23 heavy (non-hydrogen) atoms. The van der Waals surface area contributed by atoms with Gasteiger partial charge in [-0.05, 0) is 36.5 Å². The fraction of sp³-hybridized carbons (Fsp3) is 0. The van der Waals surface area contributed by atoms with Crippen molar-refractivity contribution < 1.29 is 5.11 Å². The molecule has 0 radical (unpaired) electrons. The van der Waals surface area contributed by atoms with E-state index in [1.54, 1.807) is 12.1 Å². The molecule has 0 aliphatic rings. The monoisotopic (exact) mass is 322 g/mol. The topological polar surface area (TPSA) is 47.2 Å². The van der Waals surface area contributed by atoms with Gasteiger partial charge in [-0.1, -0.05) is 49.1 Å². The normalized spacial score (nSPS) is 10.4. The predicted octanol–water partition coefficient (Wildman–Crippen LogP) is 3.71. The van der Waals surface area contributed by atoms with Crippen LogP contribution in [0, 0.1) is 4.77 Å². The summed E-state index contributed by atoms with van der Waals surface area (Å²) in [6.45, 7) is 3.63. The summed E-state index contributed by atoms with van der Waals surface area (Å²) in [6, 6.07) is 18.2. The van der Waals surface area contributed by atoms with Gasteiger partial charge in [0.25, 0.3) is 5.56 Å². The highest BCUT2D eigenvalue weighted by molar-refractivity contribution is 7.71. The second-order valence-corrected chi connectivity index (χ2v) is 5.24. The first-order valence-corrected chi connectivity index (χ1v) is 7.40. The van der Waals surface area contributed by atoms with Crippen LogP contribution < -0.4 is 5.56 Å². The molecule has 3 rings (SSSR count). The van der Waals surface area contributed by atoms with Crippen LogP contribution in [0.5, 0.6) is 5.88 Å². The van der Waals surface area contributed by atoms with Crippen LogP contribution in [0.3, 0.4) is 0 Å². The van der Waals surface area contributed by atoms with Gasteiger partial charge in [0.05, 0.1) is 11.4 Å². The molecule has 2 aromatic carbocycles. The molecule has 0 saturated carbocycles. The van der Waals surface area contributed by atoms with Crippen molar-refractivity contribution in [2.45, 2.75) is 0 Å². The van der Waals surface area contributed by atoms with Crippen molar-refractivity contribution in [3.63, 3.8) is 0 Å². The minimum atomic E-state index is -0.402. The SMILES string of the molecule is C=Cc1c(O)n(-c2ccccc2)c(=S)n(-c2ccccc2)c1=O. The Labute approximate surface area is 138 Å². The van der Waals surface area contributed by atoms with E-state index in [2.05, 4.69) is 6.58 Å². The first kappa shape index (κ1) is 15.0. The number of aromatic nitrogens is 2. The van der Waals surface area contributed by atoms with E-state index in [1.807, 2.05) is 48.5 Å². The lowest BCUT2D eigenvalue weighted by Gasteiger charge is -2.16. The lowest BCUT2D eigenvalue weighted by atomic mass is 10.2. The van der Waals surface area contributed by atoms with E-state index in [9.17, 15) is 9.90 Å². The van der Waals surface area contributed by atoms with Crippen LogP contribution in [0.15, 0.2) is 72.0 Å². The summed E-state index contributed by atoms with van der Waals surface area (Å²) in [5.41, 5.74) is 1.00. The van der Waals surface area contributed by atoms with Crippen LogP contribution in [0.2, 0.25) is 0 Å². The van der Waals surface area contributed by atoms with Crippen LogP contribution in [0.4, 0.5) is 0 Å². The molecule has 0 aliphatic heterocycles. The van der Waals surface area contributed by atoms with Crippen molar-refractivity contribution in [2.75, 3.05) is 0 Å². The number of para-hydroxylation sites is 2. The van der Waals surface area contributed by atoms with Crippen LogP contribution in [-0.2, 0) is 0 Å². The van der Waals surface area contributed by atoms with Gasteiger partial charge < -0.3 is 5.11 Å². The number of aromatic hydroxyl groups is 1. The van der Waals surface area contributed by atoms with Crippen LogP contribution >= 0.6 is 12.2 Å². The second kappa shape index (κ2) is 6.06. The maximum absolute atomic E-state index is 12.7. The van der Waals surface area contributed by atoms with Crippen LogP contribution in [0.1, 0.15) is 5.56 Å². The molecule has 0 atom stereocenters. The highest BCUT2D eigenvalue weighted by Gasteiger charge is 2.16. The predicted molar refractivity (Wildman–Crippen MR) is 94.0 cm³/mol. The van der Waals surface area contributed by atoms with E-state index in [4.69, 9.17) is 12.2 Å². The molecule has 0 fully saturated rings. The molecule has 1 aromatic heterocycles. The number of hydrogen-bond acceptors (Lipinski definition) is 3. The Morgan fingerprint density at radius 2 is 1.39 bits per heavy atom. The van der Waals surface area contributed by atoms with Crippen molar-refractivity contribution in [1.29, 1.82) is 0 Å². The Hall–Kier alpha value is -2.92. The van der Waals surface area contributed by atoms with Crippen molar-refractivity contribution in [3.8, 4) is 17.3 Å². The average molecular weight is 322 g/mol. The van der Waals surface area contributed by atoms with Gasteiger partial charge in [-0.3, -0.25) is 13.9 Å². The molecule has 0 unspecified atom stereocenters. The Morgan fingerprint density at radius 1 is 0.913 bits per heavy atom. The average Bonchev–Trinajstić information content (AvgIpc) is 2.57. The number of rotatable bonds is 3. The summed E-state index contributed by atoms with van der Waals surface area (Å²) in [6.07, 6.45) is 1.34. The first-order valence-electron chi connectivity index (χ1n) is 6.99. The minimum absolute atomic E-state index is 0.103. The lowest BCUT2D eigenvalue weighted by molar-refractivity contribution is 0.429. The van der Waals surface area contributed by atoms with E-state index >= 15 is 0 Å². The molecule has 114 valence electrons. The highest BCUT2D eigenvalue weighted by Crippen LogP contribution is 2.22. The zero-order valence-electron chi connectivity index (χ0n) is 12.2. The smallest absolute Gasteiger partial charge is 0.270 e. The maximum Gasteiger partial charge on any atom is 0.270 e. The van der Waals surface area contributed by atoms with E-state index in [-0.39, 0.29) is 16.2 Å². The Morgan fingerprint density at radius 3 is 1.87 bits per heavy atom. The van der Waals surface area contributed by atoms with Crippen molar-refractivity contribution in [2.24, 2.45) is 0 Å². The molecular weight excluding hydrogens is 308 g/mol. The summed E-state index contributed by atoms with van der Waals surface area (Å²) >= 11 is 5.47. The molecule has 0 amide bonds. The van der Waals surface area contributed by atoms with E-state index < -0.39 is 5.56 Å². The Kier molecular flexibility index (Phi) is 3.95. The third-order valence-corrected chi connectivity index (χ3v) is 3.87. The zero-order valence-corrected chi connectivity index (χ0v) is 13.0. The van der Waals surface area contributed by atoms with Gasteiger partial charge in [0.2, 0.25) is 5.88 Å². The molecule has 0 saturated heterocycles. The molecule has 0 aliphatic carbocycles. The zero-order chi connectivity index (χ0) is 16.4. The van der Waals surface area contributed by atoms with E-state index in [1.165, 1.54) is 15.2 Å². The van der Waals surface area contributed by atoms with Crippen LogP contribution in [0.25, 0.3) is 17.5 Å². The van der Waals surface area contributed by atoms with Crippen molar-refractivity contribution in [3.05, 3.63) is 87.9 Å². The van der Waals surface area contributed by atoms with Gasteiger partial charge in [0, 0.05) is 0 Å². The van der Waals surface area contributed by atoms with Crippen molar-refractivity contribution >= 4 is 18.3 Å². The molecule has 0 bridgehead atoms. The molecule has 1 N–H and O–H groups in total. The third-order valence-electron chi connectivity index (χ3n) is 3.50. The fourth-order valence-electron chi connectivity index (χ4n) is 2.41. The third kappa shape index (κ3) is 2.51. The van der Waals surface area contributed by atoms with Crippen molar-refractivity contribution in [1.82, 2.24) is 9.13 Å². The Balaban J connectivity index is 2.46. The number of benzene rings is 2. The van der Waals surface area contributed by atoms with Gasteiger partial charge in [0.15, 0.2) is 4.77 Å². The standard InChI is InChI=1S/C18H14N2O2S/c1-2-15-16(21)19(13-9-5-3-6-10-13)18(23)20(17(15)22)14-11-7-4-8-12-14/h2-12,21H,1H2. The summed E-state index contributed by atoms with van der Waals surface area (Å²) in [5.74, 6) is -0.214. The second-order valence-electron chi connectivity index (χ2n) is 4.87. The van der Waals surface area contributed by atoms with Gasteiger partial charge in [-0.2, -0.15) is 0 Å². The first-order chi connectivity index (χ1) is 11.1. The maximum atomic E-state index is 12.7. The quantitative estimate of drug-likeness (QED) is 0.748.